The summed E-state index contributed by atoms with van der Waals surface area (Å²) in [6.07, 6.45) is 1.75. The summed E-state index contributed by atoms with van der Waals surface area (Å²) >= 11 is 0. The first kappa shape index (κ1) is 22.5. The Bertz CT molecular complexity index is 1450. The molecule has 7 heteroatoms. The summed E-state index contributed by atoms with van der Waals surface area (Å²) in [6, 6.07) is 17.9. The number of hydrogen-bond acceptors (Lipinski definition) is 6. The lowest BCUT2D eigenvalue weighted by Gasteiger charge is -2.35. The van der Waals surface area contributed by atoms with Crippen molar-refractivity contribution in [3.63, 3.8) is 0 Å². The molecule has 0 radical (unpaired) electrons. The molecule has 2 aliphatic rings. The fourth-order valence-corrected chi connectivity index (χ4v) is 5.08. The highest BCUT2D eigenvalue weighted by Gasteiger charge is 2.25. The highest BCUT2D eigenvalue weighted by molar-refractivity contribution is 6.08. The summed E-state index contributed by atoms with van der Waals surface area (Å²) in [7, 11) is 0. The van der Waals surface area contributed by atoms with E-state index in [-0.39, 0.29) is 12.7 Å². The fraction of sp³-hybridized carbons (Fsp3) is 0.276. The molecule has 4 heterocycles. The third-order valence-electron chi connectivity index (χ3n) is 6.91. The van der Waals surface area contributed by atoms with E-state index in [0.29, 0.717) is 18.7 Å². The quantitative estimate of drug-likeness (QED) is 0.425. The highest BCUT2D eigenvalue weighted by Crippen LogP contribution is 2.33. The number of piperazine rings is 1. The molecule has 1 saturated heterocycles. The number of aryl methyl sites for hydroxylation is 2. The van der Waals surface area contributed by atoms with Crippen LogP contribution in [0, 0.1) is 13.8 Å². The lowest BCUT2D eigenvalue weighted by molar-refractivity contribution is 0.0630. The van der Waals surface area contributed by atoms with Crippen LogP contribution in [-0.4, -0.2) is 58.6 Å². The minimum absolute atomic E-state index is 0.0484. The van der Waals surface area contributed by atoms with Crippen molar-refractivity contribution >= 4 is 16.8 Å². The van der Waals surface area contributed by atoms with Crippen LogP contribution in [0.2, 0.25) is 0 Å². The summed E-state index contributed by atoms with van der Waals surface area (Å²) in [5, 5.41) is 0.903. The van der Waals surface area contributed by atoms with Gasteiger partial charge in [0.15, 0.2) is 11.5 Å². The zero-order chi connectivity index (χ0) is 24.6. The van der Waals surface area contributed by atoms with Crippen LogP contribution in [0.3, 0.4) is 0 Å². The van der Waals surface area contributed by atoms with Gasteiger partial charge in [0.2, 0.25) is 6.79 Å². The number of hydrogen-bond donors (Lipinski definition) is 0. The number of nitrogens with zero attached hydrogens (tertiary/aromatic N) is 4. The third-order valence-corrected chi connectivity index (χ3v) is 6.91. The number of fused-ring (bicyclic) bond motifs is 2. The summed E-state index contributed by atoms with van der Waals surface area (Å²) in [4.78, 5) is 27.6. The van der Waals surface area contributed by atoms with E-state index in [4.69, 9.17) is 14.5 Å². The molecule has 1 amide bonds. The van der Waals surface area contributed by atoms with Crippen molar-refractivity contribution in [1.82, 2.24) is 19.8 Å². The molecule has 6 rings (SSSR count). The Morgan fingerprint density at radius 3 is 2.56 bits per heavy atom. The lowest BCUT2D eigenvalue weighted by Crippen LogP contribution is -2.48. The van der Waals surface area contributed by atoms with E-state index < -0.39 is 0 Å². The molecule has 0 bridgehead atoms. The minimum Gasteiger partial charge on any atom is -0.454 e. The number of benzene rings is 2. The Balaban J connectivity index is 1.24. The SMILES string of the molecule is Cc1cc(C)c2nc(-c3ccccn3)cc(C(=O)N3CCN(Cc4ccc5c(c4)OCO5)CC3)c2c1. The van der Waals surface area contributed by atoms with Gasteiger partial charge in [-0.05, 0) is 61.4 Å². The average molecular weight is 481 g/mol. The van der Waals surface area contributed by atoms with Crippen molar-refractivity contribution in [2.45, 2.75) is 20.4 Å². The largest absolute Gasteiger partial charge is 0.454 e. The molecule has 0 atom stereocenters. The zero-order valence-corrected chi connectivity index (χ0v) is 20.5. The molecule has 2 aromatic carbocycles. The normalized spacial score (nSPS) is 15.4. The number of amides is 1. The molecule has 0 N–H and O–H groups in total. The number of pyridine rings is 2. The van der Waals surface area contributed by atoms with Gasteiger partial charge in [-0.15, -0.1) is 0 Å². The van der Waals surface area contributed by atoms with E-state index >= 15 is 0 Å². The highest BCUT2D eigenvalue weighted by atomic mass is 16.7. The number of carbonyl (C=O) groups excluding carboxylic acids is 1. The maximum atomic E-state index is 13.8. The molecule has 0 aliphatic carbocycles. The smallest absolute Gasteiger partial charge is 0.254 e. The van der Waals surface area contributed by atoms with Gasteiger partial charge < -0.3 is 14.4 Å². The Morgan fingerprint density at radius 1 is 0.917 bits per heavy atom. The summed E-state index contributed by atoms with van der Waals surface area (Å²) in [6.45, 7) is 8.19. The Morgan fingerprint density at radius 2 is 1.75 bits per heavy atom. The molecule has 2 aliphatic heterocycles. The van der Waals surface area contributed by atoms with Gasteiger partial charge in [-0.3, -0.25) is 14.7 Å². The lowest BCUT2D eigenvalue weighted by atomic mass is 9.99. The van der Waals surface area contributed by atoms with Crippen molar-refractivity contribution in [2.75, 3.05) is 33.0 Å². The van der Waals surface area contributed by atoms with Crippen molar-refractivity contribution in [2.24, 2.45) is 0 Å². The molecule has 0 saturated carbocycles. The van der Waals surface area contributed by atoms with Crippen LogP contribution in [0.5, 0.6) is 11.5 Å². The van der Waals surface area contributed by atoms with E-state index in [1.54, 1.807) is 6.20 Å². The Kier molecular flexibility index (Phi) is 5.77. The van der Waals surface area contributed by atoms with Gasteiger partial charge in [0.1, 0.15) is 0 Å². The molecule has 182 valence electrons. The topological polar surface area (TPSA) is 67.8 Å². The van der Waals surface area contributed by atoms with Gasteiger partial charge in [-0.1, -0.05) is 23.8 Å². The van der Waals surface area contributed by atoms with E-state index in [2.05, 4.69) is 35.0 Å². The number of rotatable bonds is 4. The van der Waals surface area contributed by atoms with Gasteiger partial charge >= 0.3 is 0 Å². The summed E-state index contributed by atoms with van der Waals surface area (Å²) < 4.78 is 10.9. The maximum absolute atomic E-state index is 13.8. The summed E-state index contributed by atoms with van der Waals surface area (Å²) in [5.74, 6) is 1.65. The first-order valence-electron chi connectivity index (χ1n) is 12.3. The molecule has 2 aromatic heterocycles. The number of carbonyl (C=O) groups is 1. The standard InChI is InChI=1S/C29H28N4O3/c1-19-13-20(2)28-22(14-19)23(16-25(31-28)24-5-3-4-8-30-24)29(34)33-11-9-32(10-12-33)17-21-6-7-26-27(15-21)36-18-35-26/h3-8,13-16H,9-12,17-18H2,1-2H3. The van der Waals surface area contributed by atoms with E-state index in [1.165, 1.54) is 5.56 Å². The molecule has 4 aromatic rings. The van der Waals surface area contributed by atoms with Crippen molar-refractivity contribution in [3.8, 4) is 22.9 Å². The monoisotopic (exact) mass is 480 g/mol. The Labute approximate surface area is 210 Å². The number of aromatic nitrogens is 2. The van der Waals surface area contributed by atoms with Gasteiger partial charge in [0, 0.05) is 44.3 Å². The second-order valence-corrected chi connectivity index (χ2v) is 9.50. The third kappa shape index (κ3) is 4.27. The molecular formula is C29H28N4O3. The van der Waals surface area contributed by atoms with Crippen LogP contribution in [0.4, 0.5) is 0 Å². The molecule has 1 fully saturated rings. The van der Waals surface area contributed by atoms with E-state index in [0.717, 1.165) is 64.6 Å². The van der Waals surface area contributed by atoms with Crippen LogP contribution >= 0.6 is 0 Å². The first-order chi connectivity index (χ1) is 17.5. The van der Waals surface area contributed by atoms with Crippen molar-refractivity contribution in [3.05, 3.63) is 83.0 Å². The molecular weight excluding hydrogens is 452 g/mol. The number of ether oxygens (including phenoxy) is 2. The Hall–Kier alpha value is -3.97. The van der Waals surface area contributed by atoms with E-state index in [1.807, 2.05) is 48.2 Å². The molecule has 0 spiro atoms. The van der Waals surface area contributed by atoms with Crippen LogP contribution in [-0.2, 0) is 6.54 Å². The van der Waals surface area contributed by atoms with Crippen LogP contribution in [0.1, 0.15) is 27.0 Å². The maximum Gasteiger partial charge on any atom is 0.254 e. The van der Waals surface area contributed by atoms with Gasteiger partial charge in [0.25, 0.3) is 5.91 Å². The molecule has 7 nitrogen and oxygen atoms in total. The second kappa shape index (κ2) is 9.24. The van der Waals surface area contributed by atoms with Gasteiger partial charge in [-0.2, -0.15) is 0 Å². The second-order valence-electron chi connectivity index (χ2n) is 9.50. The minimum atomic E-state index is 0.0484. The molecule has 36 heavy (non-hydrogen) atoms. The zero-order valence-electron chi connectivity index (χ0n) is 20.5. The predicted octanol–water partition coefficient (Wildman–Crippen LogP) is 4.60. The van der Waals surface area contributed by atoms with E-state index in [9.17, 15) is 4.79 Å². The van der Waals surface area contributed by atoms with Gasteiger partial charge in [-0.25, -0.2) is 4.98 Å². The van der Waals surface area contributed by atoms with Crippen LogP contribution in [0.15, 0.2) is 60.8 Å². The van der Waals surface area contributed by atoms with Crippen LogP contribution < -0.4 is 9.47 Å². The first-order valence-corrected chi connectivity index (χ1v) is 12.3. The van der Waals surface area contributed by atoms with Gasteiger partial charge in [0.05, 0.1) is 22.5 Å². The predicted molar refractivity (Wildman–Crippen MR) is 138 cm³/mol. The summed E-state index contributed by atoms with van der Waals surface area (Å²) in [5.41, 5.74) is 6.40. The molecule has 0 unspecified atom stereocenters. The fourth-order valence-electron chi connectivity index (χ4n) is 5.08. The van der Waals surface area contributed by atoms with Crippen molar-refractivity contribution in [1.29, 1.82) is 0 Å². The van der Waals surface area contributed by atoms with Crippen molar-refractivity contribution < 1.29 is 14.3 Å². The average Bonchev–Trinajstić information content (AvgIpc) is 3.37. The van der Waals surface area contributed by atoms with Crippen LogP contribution in [0.25, 0.3) is 22.3 Å².